The van der Waals surface area contributed by atoms with E-state index < -0.39 is 17.9 Å². The Morgan fingerprint density at radius 2 is 1.68 bits per heavy atom. The Morgan fingerprint density at radius 1 is 1.00 bits per heavy atom. The van der Waals surface area contributed by atoms with Gasteiger partial charge in [-0.3, -0.25) is 14.4 Å². The molecule has 0 aliphatic rings. The molecule has 1 amide bonds. The first-order chi connectivity index (χ1) is 17.8. The molecule has 37 heavy (non-hydrogen) atoms. The lowest BCUT2D eigenvalue weighted by molar-refractivity contribution is -0.141. The van der Waals surface area contributed by atoms with Gasteiger partial charge in [-0.15, -0.1) is 0 Å². The molecule has 0 fully saturated rings. The lowest BCUT2D eigenvalue weighted by Gasteiger charge is -2.21. The minimum absolute atomic E-state index is 0.247. The van der Waals surface area contributed by atoms with Gasteiger partial charge in [-0.25, -0.2) is 0 Å². The average molecular weight is 497 g/mol. The fourth-order valence-corrected chi connectivity index (χ4v) is 4.06. The third-order valence-electron chi connectivity index (χ3n) is 6.13. The maximum Gasteiger partial charge on any atom is 0.306 e. The fourth-order valence-electron chi connectivity index (χ4n) is 4.06. The van der Waals surface area contributed by atoms with Crippen LogP contribution in [0.2, 0.25) is 0 Å². The maximum atomic E-state index is 13.2. The summed E-state index contributed by atoms with van der Waals surface area (Å²) in [5.74, 6) is -1.93. The molecule has 0 aliphatic carbocycles. The standard InChI is InChI=1S/C31H32N2O4/c1-4-9-23(5-2)20-33-21-27(16-17-29(33)34)30(35)32-28(18-22(3)31(36)37)19-24-12-14-26(15-13-24)25-10-7-6-8-11-25/h4-17,21-22,28H,1-2,18-20H2,3H3,(H,32,35)(H,36,37)/b23-9+/t22-,28+/m1/s1. The molecule has 1 aromatic heterocycles. The summed E-state index contributed by atoms with van der Waals surface area (Å²) < 4.78 is 1.43. The molecule has 2 N–H and O–H groups in total. The van der Waals surface area contributed by atoms with E-state index in [-0.39, 0.29) is 24.4 Å². The fraction of sp³-hybridized carbons (Fsp3) is 0.194. The third kappa shape index (κ3) is 7.77. The maximum absolute atomic E-state index is 13.2. The number of aliphatic carboxylic acids is 1. The zero-order valence-corrected chi connectivity index (χ0v) is 21.0. The number of carboxylic acids is 1. The first kappa shape index (κ1) is 27.1. The molecule has 0 spiro atoms. The van der Waals surface area contributed by atoms with Gasteiger partial charge in [-0.1, -0.05) is 92.9 Å². The molecule has 6 heteroatoms. The molecular formula is C31H32N2O4. The Bertz CT molecular complexity index is 1340. The summed E-state index contributed by atoms with van der Waals surface area (Å²) in [6.07, 6.45) is 7.24. The van der Waals surface area contributed by atoms with Crippen LogP contribution in [-0.2, 0) is 17.8 Å². The zero-order valence-electron chi connectivity index (χ0n) is 21.0. The van der Waals surface area contributed by atoms with Gasteiger partial charge in [0.2, 0.25) is 0 Å². The molecule has 0 radical (unpaired) electrons. The summed E-state index contributed by atoms with van der Waals surface area (Å²) in [5, 5.41) is 12.4. The highest BCUT2D eigenvalue weighted by atomic mass is 16.4. The van der Waals surface area contributed by atoms with Crippen molar-refractivity contribution in [3.8, 4) is 11.1 Å². The highest BCUT2D eigenvalue weighted by Crippen LogP contribution is 2.21. The van der Waals surface area contributed by atoms with Gasteiger partial charge < -0.3 is 15.0 Å². The molecule has 0 saturated heterocycles. The van der Waals surface area contributed by atoms with Crippen LogP contribution in [0.4, 0.5) is 0 Å². The van der Waals surface area contributed by atoms with E-state index in [1.165, 1.54) is 22.9 Å². The largest absolute Gasteiger partial charge is 0.481 e. The first-order valence-electron chi connectivity index (χ1n) is 12.1. The van der Waals surface area contributed by atoms with Gasteiger partial charge in [0.1, 0.15) is 0 Å². The van der Waals surface area contributed by atoms with Crippen molar-refractivity contribution in [1.82, 2.24) is 9.88 Å². The minimum Gasteiger partial charge on any atom is -0.481 e. The number of carbonyl (C=O) groups is 2. The second-order valence-corrected chi connectivity index (χ2v) is 8.98. The van der Waals surface area contributed by atoms with E-state index in [1.54, 1.807) is 25.2 Å². The van der Waals surface area contributed by atoms with Gasteiger partial charge in [-0.05, 0) is 41.2 Å². The quantitative estimate of drug-likeness (QED) is 0.335. The van der Waals surface area contributed by atoms with Crippen molar-refractivity contribution in [3.63, 3.8) is 0 Å². The predicted octanol–water partition coefficient (Wildman–Crippen LogP) is 5.27. The number of pyridine rings is 1. The second-order valence-electron chi connectivity index (χ2n) is 8.98. The lowest BCUT2D eigenvalue weighted by atomic mass is 9.94. The van der Waals surface area contributed by atoms with Crippen LogP contribution in [0.25, 0.3) is 11.1 Å². The van der Waals surface area contributed by atoms with E-state index in [9.17, 15) is 19.5 Å². The van der Waals surface area contributed by atoms with Crippen molar-refractivity contribution in [2.45, 2.75) is 32.4 Å². The van der Waals surface area contributed by atoms with Crippen LogP contribution in [0, 0.1) is 5.92 Å². The molecule has 3 rings (SSSR count). The number of amides is 1. The summed E-state index contributed by atoms with van der Waals surface area (Å²) in [5.41, 5.74) is 4.02. The van der Waals surface area contributed by atoms with Gasteiger partial charge in [0.15, 0.2) is 0 Å². The molecule has 2 atom stereocenters. The number of nitrogens with one attached hydrogen (secondary N) is 1. The van der Waals surface area contributed by atoms with Gasteiger partial charge in [0.25, 0.3) is 11.5 Å². The number of benzene rings is 2. The number of hydrogen-bond acceptors (Lipinski definition) is 3. The molecule has 0 saturated carbocycles. The van der Waals surface area contributed by atoms with Crippen LogP contribution >= 0.6 is 0 Å². The van der Waals surface area contributed by atoms with Crippen LogP contribution < -0.4 is 10.9 Å². The van der Waals surface area contributed by atoms with Crippen molar-refractivity contribution < 1.29 is 14.7 Å². The van der Waals surface area contributed by atoms with Crippen molar-refractivity contribution in [3.05, 3.63) is 131 Å². The number of nitrogens with zero attached hydrogens (tertiary/aromatic N) is 1. The number of aromatic nitrogens is 1. The molecule has 1 heterocycles. The van der Waals surface area contributed by atoms with E-state index in [4.69, 9.17) is 0 Å². The Hall–Kier alpha value is -4.45. The van der Waals surface area contributed by atoms with Gasteiger partial charge in [-0.2, -0.15) is 0 Å². The summed E-state index contributed by atoms with van der Waals surface area (Å²) >= 11 is 0. The van der Waals surface area contributed by atoms with Crippen LogP contribution in [-0.4, -0.2) is 27.6 Å². The van der Waals surface area contributed by atoms with E-state index in [2.05, 4.69) is 18.5 Å². The molecule has 0 unspecified atom stereocenters. The predicted molar refractivity (Wildman–Crippen MR) is 147 cm³/mol. The SMILES string of the molecule is C=C/C=C(\C=C)Cn1cc(C(=O)N[C@H](Cc2ccc(-c3ccccc3)cc2)C[C@@H](C)C(=O)O)ccc1=O. The van der Waals surface area contributed by atoms with Gasteiger partial charge >= 0.3 is 5.97 Å². The lowest BCUT2D eigenvalue weighted by Crippen LogP contribution is -2.39. The number of allylic oxidation sites excluding steroid dienone is 4. The Kier molecular flexibility index (Phi) is 9.55. The van der Waals surface area contributed by atoms with Crippen molar-refractivity contribution in [1.29, 1.82) is 0 Å². The summed E-state index contributed by atoms with van der Waals surface area (Å²) in [4.78, 5) is 37.0. The topological polar surface area (TPSA) is 88.4 Å². The zero-order chi connectivity index (χ0) is 26.8. The number of hydrogen-bond donors (Lipinski definition) is 2. The smallest absolute Gasteiger partial charge is 0.306 e. The Labute approximate surface area is 217 Å². The second kappa shape index (κ2) is 13.0. The van der Waals surface area contributed by atoms with E-state index in [0.29, 0.717) is 12.0 Å². The van der Waals surface area contributed by atoms with Gasteiger partial charge in [0, 0.05) is 18.3 Å². The first-order valence-corrected chi connectivity index (χ1v) is 12.1. The molecule has 3 aromatic rings. The van der Waals surface area contributed by atoms with Crippen LogP contribution in [0.1, 0.15) is 29.3 Å². The normalized spacial score (nSPS) is 12.8. The summed E-state index contributed by atoms with van der Waals surface area (Å²) in [6.45, 7) is 9.29. The molecule has 0 aliphatic heterocycles. The van der Waals surface area contributed by atoms with E-state index in [1.807, 2.05) is 54.6 Å². The van der Waals surface area contributed by atoms with Gasteiger partial charge in [0.05, 0.1) is 18.0 Å². The minimum atomic E-state index is -0.918. The molecule has 0 bridgehead atoms. The monoisotopic (exact) mass is 496 g/mol. The average Bonchev–Trinajstić information content (AvgIpc) is 2.90. The summed E-state index contributed by atoms with van der Waals surface area (Å²) in [6, 6.07) is 20.5. The number of rotatable bonds is 12. The molecule has 2 aromatic carbocycles. The number of carbonyl (C=O) groups excluding carboxylic acids is 1. The van der Waals surface area contributed by atoms with Crippen molar-refractivity contribution in [2.75, 3.05) is 0 Å². The highest BCUT2D eigenvalue weighted by molar-refractivity contribution is 5.94. The van der Waals surface area contributed by atoms with E-state index in [0.717, 1.165) is 22.3 Å². The van der Waals surface area contributed by atoms with E-state index >= 15 is 0 Å². The van der Waals surface area contributed by atoms with Crippen LogP contribution in [0.15, 0.2) is 115 Å². The molecule has 6 nitrogen and oxygen atoms in total. The van der Waals surface area contributed by atoms with Crippen LogP contribution in [0.3, 0.4) is 0 Å². The molecule has 190 valence electrons. The Morgan fingerprint density at radius 3 is 2.30 bits per heavy atom. The highest BCUT2D eigenvalue weighted by Gasteiger charge is 2.21. The third-order valence-corrected chi connectivity index (χ3v) is 6.13. The van der Waals surface area contributed by atoms with Crippen molar-refractivity contribution in [2.24, 2.45) is 5.92 Å². The van der Waals surface area contributed by atoms with Crippen LogP contribution in [0.5, 0.6) is 0 Å². The number of carboxylic acid groups (broad SMARTS) is 1. The summed E-state index contributed by atoms with van der Waals surface area (Å²) in [7, 11) is 0. The molecular weight excluding hydrogens is 464 g/mol. The Balaban J connectivity index is 1.79. The van der Waals surface area contributed by atoms with Crippen molar-refractivity contribution >= 4 is 11.9 Å².